The summed E-state index contributed by atoms with van der Waals surface area (Å²) < 4.78 is 41.3. The number of halogens is 2. The molecule has 1 unspecified atom stereocenters. The minimum atomic E-state index is -3.84. The molecule has 0 fully saturated rings. The Kier molecular flexibility index (Phi) is 5.01. The first-order chi connectivity index (χ1) is 11.5. The van der Waals surface area contributed by atoms with Gasteiger partial charge >= 0.3 is 0 Å². The van der Waals surface area contributed by atoms with Gasteiger partial charge in [-0.15, -0.1) is 11.3 Å². The van der Waals surface area contributed by atoms with Gasteiger partial charge in [0.15, 0.2) is 0 Å². The van der Waals surface area contributed by atoms with Crippen LogP contribution in [0.3, 0.4) is 0 Å². The lowest BCUT2D eigenvalue weighted by Crippen LogP contribution is -2.29. The van der Waals surface area contributed by atoms with Crippen molar-refractivity contribution >= 4 is 33.0 Å². The molecule has 3 aromatic rings. The zero-order valence-corrected chi connectivity index (χ0v) is 14.7. The van der Waals surface area contributed by atoms with Crippen molar-refractivity contribution in [3.05, 3.63) is 87.3 Å². The van der Waals surface area contributed by atoms with Gasteiger partial charge < -0.3 is 0 Å². The number of sulfonamides is 1. The Hall–Kier alpha value is -1.73. The van der Waals surface area contributed by atoms with Gasteiger partial charge in [-0.3, -0.25) is 0 Å². The standard InChI is InChI=1S/C17H13ClFNO2S2/c18-14-4-1-2-6-16(14)24(21,22)20-17(15-5-3-11-23-15)12-7-9-13(19)10-8-12/h1-11,17,20H. The number of rotatable bonds is 5. The van der Waals surface area contributed by atoms with Crippen LogP contribution < -0.4 is 4.72 Å². The van der Waals surface area contributed by atoms with Crippen LogP contribution in [0.1, 0.15) is 16.5 Å². The molecule has 0 aliphatic rings. The second-order valence-electron chi connectivity index (χ2n) is 5.05. The van der Waals surface area contributed by atoms with Crippen LogP contribution in [0.25, 0.3) is 0 Å². The van der Waals surface area contributed by atoms with Gasteiger partial charge in [-0.2, -0.15) is 4.72 Å². The minimum Gasteiger partial charge on any atom is -0.207 e. The molecule has 0 radical (unpaired) electrons. The van der Waals surface area contributed by atoms with E-state index in [1.165, 1.54) is 35.6 Å². The van der Waals surface area contributed by atoms with Crippen molar-refractivity contribution < 1.29 is 12.8 Å². The largest absolute Gasteiger partial charge is 0.242 e. The van der Waals surface area contributed by atoms with Crippen molar-refractivity contribution in [1.29, 1.82) is 0 Å². The molecule has 124 valence electrons. The molecule has 0 spiro atoms. The third-order valence-electron chi connectivity index (χ3n) is 3.43. The van der Waals surface area contributed by atoms with Gasteiger partial charge in [0.2, 0.25) is 10.0 Å². The molecule has 0 aliphatic carbocycles. The van der Waals surface area contributed by atoms with Gasteiger partial charge in [0.25, 0.3) is 0 Å². The molecule has 0 saturated heterocycles. The molecular weight excluding hydrogens is 369 g/mol. The Morgan fingerprint density at radius 2 is 1.71 bits per heavy atom. The second-order valence-corrected chi connectivity index (χ2v) is 8.12. The number of thiophene rings is 1. The van der Waals surface area contributed by atoms with Crippen LogP contribution >= 0.6 is 22.9 Å². The fourth-order valence-corrected chi connectivity index (χ4v) is 4.88. The van der Waals surface area contributed by atoms with E-state index in [9.17, 15) is 12.8 Å². The first-order valence-corrected chi connectivity index (χ1v) is 9.77. The summed E-state index contributed by atoms with van der Waals surface area (Å²) in [5.41, 5.74) is 0.648. The van der Waals surface area contributed by atoms with Crippen molar-refractivity contribution in [3.8, 4) is 0 Å². The number of benzene rings is 2. The Morgan fingerprint density at radius 3 is 2.33 bits per heavy atom. The highest BCUT2D eigenvalue weighted by atomic mass is 35.5. The van der Waals surface area contributed by atoms with Gasteiger partial charge in [0.1, 0.15) is 10.7 Å². The van der Waals surface area contributed by atoms with Crippen LogP contribution in [0, 0.1) is 5.82 Å². The summed E-state index contributed by atoms with van der Waals surface area (Å²) in [5.74, 6) is -0.377. The van der Waals surface area contributed by atoms with Crippen molar-refractivity contribution in [1.82, 2.24) is 4.72 Å². The van der Waals surface area contributed by atoms with Crippen molar-refractivity contribution in [3.63, 3.8) is 0 Å². The van der Waals surface area contributed by atoms with Crippen molar-refractivity contribution in [2.24, 2.45) is 0 Å². The molecule has 3 nitrogen and oxygen atoms in total. The van der Waals surface area contributed by atoms with Crippen LogP contribution in [0.2, 0.25) is 5.02 Å². The van der Waals surface area contributed by atoms with Crippen LogP contribution in [-0.4, -0.2) is 8.42 Å². The van der Waals surface area contributed by atoms with E-state index in [0.717, 1.165) is 4.88 Å². The average molecular weight is 382 g/mol. The highest BCUT2D eigenvalue weighted by molar-refractivity contribution is 7.89. The van der Waals surface area contributed by atoms with E-state index in [1.54, 1.807) is 24.3 Å². The normalized spacial score (nSPS) is 12.9. The zero-order chi connectivity index (χ0) is 17.2. The third-order valence-corrected chi connectivity index (χ3v) is 6.29. The molecule has 2 aromatic carbocycles. The first kappa shape index (κ1) is 17.1. The van der Waals surface area contributed by atoms with Crippen LogP contribution in [0.5, 0.6) is 0 Å². The molecule has 0 saturated carbocycles. The Morgan fingerprint density at radius 1 is 1.00 bits per heavy atom. The molecule has 1 atom stereocenters. The summed E-state index contributed by atoms with van der Waals surface area (Å²) in [6.45, 7) is 0. The van der Waals surface area contributed by atoms with Gasteiger partial charge in [0, 0.05) is 4.88 Å². The molecule has 1 heterocycles. The monoisotopic (exact) mass is 381 g/mol. The van der Waals surface area contributed by atoms with Gasteiger partial charge in [-0.05, 0) is 41.3 Å². The molecule has 0 aliphatic heterocycles. The summed E-state index contributed by atoms with van der Waals surface area (Å²) >= 11 is 7.43. The molecule has 1 aromatic heterocycles. The fourth-order valence-electron chi connectivity index (χ4n) is 2.28. The van der Waals surface area contributed by atoms with E-state index >= 15 is 0 Å². The van der Waals surface area contributed by atoms with E-state index in [-0.39, 0.29) is 15.7 Å². The Balaban J connectivity index is 2.01. The first-order valence-electron chi connectivity index (χ1n) is 7.03. The lowest BCUT2D eigenvalue weighted by molar-refractivity contribution is 0.573. The van der Waals surface area contributed by atoms with E-state index in [1.807, 2.05) is 17.5 Å². The smallest absolute Gasteiger partial charge is 0.207 e. The third kappa shape index (κ3) is 3.67. The topological polar surface area (TPSA) is 46.2 Å². The maximum absolute atomic E-state index is 13.2. The maximum Gasteiger partial charge on any atom is 0.242 e. The SMILES string of the molecule is O=S(=O)(NC(c1ccc(F)cc1)c1cccs1)c1ccccc1Cl. The van der Waals surface area contributed by atoms with Gasteiger partial charge in [-0.1, -0.05) is 41.9 Å². The summed E-state index contributed by atoms with van der Waals surface area (Å²) in [6, 6.07) is 15.0. The maximum atomic E-state index is 13.2. The molecule has 3 rings (SSSR count). The second kappa shape index (κ2) is 7.03. The van der Waals surface area contributed by atoms with Crippen molar-refractivity contribution in [2.45, 2.75) is 10.9 Å². The van der Waals surface area contributed by atoms with E-state index < -0.39 is 16.1 Å². The van der Waals surface area contributed by atoms with Gasteiger partial charge in [0.05, 0.1) is 11.1 Å². The van der Waals surface area contributed by atoms with Crippen LogP contribution in [0.4, 0.5) is 4.39 Å². The van der Waals surface area contributed by atoms with Gasteiger partial charge in [-0.25, -0.2) is 12.8 Å². The number of hydrogen-bond donors (Lipinski definition) is 1. The quantitative estimate of drug-likeness (QED) is 0.701. The Labute approximate surface area is 148 Å². The lowest BCUT2D eigenvalue weighted by atomic mass is 10.1. The number of hydrogen-bond acceptors (Lipinski definition) is 3. The molecular formula is C17H13ClFNO2S2. The predicted octanol–water partition coefficient (Wildman–Crippen LogP) is 4.61. The summed E-state index contributed by atoms with van der Waals surface area (Å²) in [7, 11) is -3.84. The summed E-state index contributed by atoms with van der Waals surface area (Å²) in [5, 5.41) is 2.00. The molecule has 1 N–H and O–H groups in total. The Bertz CT molecular complexity index is 925. The summed E-state index contributed by atoms with van der Waals surface area (Å²) in [6.07, 6.45) is 0. The highest BCUT2D eigenvalue weighted by Crippen LogP contribution is 2.29. The van der Waals surface area contributed by atoms with E-state index in [0.29, 0.717) is 5.56 Å². The van der Waals surface area contributed by atoms with Crippen LogP contribution in [0.15, 0.2) is 70.9 Å². The predicted molar refractivity (Wildman–Crippen MR) is 94.3 cm³/mol. The minimum absolute atomic E-state index is 0.00957. The summed E-state index contributed by atoms with van der Waals surface area (Å²) in [4.78, 5) is 0.813. The van der Waals surface area contributed by atoms with Crippen LogP contribution in [-0.2, 0) is 10.0 Å². The number of nitrogens with one attached hydrogen (secondary N) is 1. The molecule has 0 bridgehead atoms. The van der Waals surface area contributed by atoms with Crippen molar-refractivity contribution in [2.75, 3.05) is 0 Å². The molecule has 0 amide bonds. The molecule has 7 heteroatoms. The average Bonchev–Trinajstić information content (AvgIpc) is 3.08. The fraction of sp³-hybridized carbons (Fsp3) is 0.0588. The van der Waals surface area contributed by atoms with E-state index in [2.05, 4.69) is 4.72 Å². The lowest BCUT2D eigenvalue weighted by Gasteiger charge is -2.18. The zero-order valence-electron chi connectivity index (χ0n) is 12.3. The van der Waals surface area contributed by atoms with E-state index in [4.69, 9.17) is 11.6 Å². The highest BCUT2D eigenvalue weighted by Gasteiger charge is 2.25. The molecule has 24 heavy (non-hydrogen) atoms.